The Morgan fingerprint density at radius 3 is 1.92 bits per heavy atom. The van der Waals surface area contributed by atoms with Crippen LogP contribution in [0.2, 0.25) is 0 Å². The fraction of sp³-hybridized carbons (Fsp3) is 1.00. The van der Waals surface area contributed by atoms with E-state index < -0.39 is 31.3 Å². The van der Waals surface area contributed by atoms with E-state index in [9.17, 15) is 26.3 Å². The van der Waals surface area contributed by atoms with Crippen LogP contribution in [0.4, 0.5) is 26.3 Å². The van der Waals surface area contributed by atoms with Crippen LogP contribution in [0.15, 0.2) is 0 Å². The zero-order valence-electron chi connectivity index (χ0n) is 6.62. The quantitative estimate of drug-likeness (QED) is 0.632. The predicted octanol–water partition coefficient (Wildman–Crippen LogP) is 2.21. The van der Waals surface area contributed by atoms with Gasteiger partial charge in [0.25, 0.3) is 0 Å². The molecular formula is C6H8F6O. The summed E-state index contributed by atoms with van der Waals surface area (Å²) < 4.78 is 75.7. The van der Waals surface area contributed by atoms with E-state index in [4.69, 9.17) is 0 Å². The maximum atomic E-state index is 12.4. The Balaban J connectivity index is 4.55. The highest BCUT2D eigenvalue weighted by atomic mass is 19.3. The third-order valence-corrected chi connectivity index (χ3v) is 1.40. The molecule has 7 heteroatoms. The molecule has 0 amide bonds. The average Bonchev–Trinajstić information content (AvgIpc) is 2.04. The van der Waals surface area contributed by atoms with Gasteiger partial charge in [-0.2, -0.15) is 8.78 Å². The number of ether oxygens (including phenoxy) is 1. The van der Waals surface area contributed by atoms with Crippen molar-refractivity contribution in [1.82, 2.24) is 0 Å². The lowest BCUT2D eigenvalue weighted by atomic mass is 10.1. The van der Waals surface area contributed by atoms with Crippen molar-refractivity contribution in [2.24, 2.45) is 0 Å². The fourth-order valence-electron chi connectivity index (χ4n) is 0.751. The van der Waals surface area contributed by atoms with E-state index in [0.29, 0.717) is 7.11 Å². The van der Waals surface area contributed by atoms with Gasteiger partial charge in [0.2, 0.25) is 0 Å². The first-order valence-electron chi connectivity index (χ1n) is 3.26. The second-order valence-corrected chi connectivity index (χ2v) is 2.30. The standard InChI is InChI=1S/C6H8F6O/c1-13-4(3(8)2-7)6(11,12)5(9)10/h3-5H,2H2,1H3. The largest absolute Gasteiger partial charge is 0.372 e. The van der Waals surface area contributed by atoms with Crippen molar-refractivity contribution in [3.05, 3.63) is 0 Å². The summed E-state index contributed by atoms with van der Waals surface area (Å²) in [6, 6.07) is 0. The van der Waals surface area contributed by atoms with Crippen molar-refractivity contribution in [2.45, 2.75) is 24.6 Å². The van der Waals surface area contributed by atoms with Gasteiger partial charge in [0, 0.05) is 7.11 Å². The van der Waals surface area contributed by atoms with Gasteiger partial charge in [0.05, 0.1) is 0 Å². The van der Waals surface area contributed by atoms with Crippen molar-refractivity contribution >= 4 is 0 Å². The fourth-order valence-corrected chi connectivity index (χ4v) is 0.751. The monoisotopic (exact) mass is 210 g/mol. The Morgan fingerprint density at radius 2 is 1.69 bits per heavy atom. The highest BCUT2D eigenvalue weighted by Crippen LogP contribution is 2.31. The summed E-state index contributed by atoms with van der Waals surface area (Å²) in [4.78, 5) is 0. The zero-order valence-corrected chi connectivity index (χ0v) is 6.62. The van der Waals surface area contributed by atoms with Crippen molar-refractivity contribution in [3.8, 4) is 0 Å². The number of methoxy groups -OCH3 is 1. The number of hydrogen-bond donors (Lipinski definition) is 0. The maximum absolute atomic E-state index is 12.4. The summed E-state index contributed by atoms with van der Waals surface area (Å²) in [5.41, 5.74) is 0. The molecule has 0 aliphatic carbocycles. The molecule has 0 N–H and O–H groups in total. The molecule has 0 saturated heterocycles. The summed E-state index contributed by atoms with van der Waals surface area (Å²) in [6.07, 6.45) is -9.59. The molecule has 0 aliphatic heterocycles. The maximum Gasteiger partial charge on any atom is 0.335 e. The van der Waals surface area contributed by atoms with Gasteiger partial charge < -0.3 is 4.74 Å². The Hall–Kier alpha value is -0.460. The average molecular weight is 210 g/mol. The molecule has 0 saturated carbocycles. The first kappa shape index (κ1) is 12.5. The minimum atomic E-state index is -4.68. The van der Waals surface area contributed by atoms with Gasteiger partial charge >= 0.3 is 12.3 Å². The lowest BCUT2D eigenvalue weighted by molar-refractivity contribution is -0.217. The number of halogens is 6. The summed E-state index contributed by atoms with van der Waals surface area (Å²) in [5, 5.41) is 0. The second-order valence-electron chi connectivity index (χ2n) is 2.30. The summed E-state index contributed by atoms with van der Waals surface area (Å²) in [7, 11) is 0.614. The van der Waals surface area contributed by atoms with E-state index in [-0.39, 0.29) is 0 Å². The molecule has 0 fully saturated rings. The molecule has 0 aromatic carbocycles. The lowest BCUT2D eigenvalue weighted by Gasteiger charge is -2.26. The zero-order chi connectivity index (χ0) is 10.6. The molecule has 80 valence electrons. The van der Waals surface area contributed by atoms with Gasteiger partial charge in [-0.25, -0.2) is 17.6 Å². The molecule has 0 aromatic rings. The minimum absolute atomic E-state index is 0.614. The summed E-state index contributed by atoms with van der Waals surface area (Å²) >= 11 is 0. The van der Waals surface area contributed by atoms with E-state index in [0.717, 1.165) is 0 Å². The Labute approximate surface area is 70.7 Å². The smallest absolute Gasteiger partial charge is 0.335 e. The second kappa shape index (κ2) is 4.69. The Kier molecular flexibility index (Phi) is 4.52. The normalized spacial score (nSPS) is 17.5. The van der Waals surface area contributed by atoms with Crippen molar-refractivity contribution in [1.29, 1.82) is 0 Å². The third kappa shape index (κ3) is 2.75. The molecule has 0 rings (SSSR count). The van der Waals surface area contributed by atoms with Gasteiger partial charge in [-0.05, 0) is 0 Å². The molecule has 0 aliphatic rings. The highest BCUT2D eigenvalue weighted by molar-refractivity contribution is 4.86. The van der Waals surface area contributed by atoms with E-state index in [1.54, 1.807) is 0 Å². The molecular weight excluding hydrogens is 202 g/mol. The van der Waals surface area contributed by atoms with Gasteiger partial charge in [-0.3, -0.25) is 0 Å². The summed E-state index contributed by atoms with van der Waals surface area (Å²) in [5.74, 6) is -4.68. The number of hydrogen-bond acceptors (Lipinski definition) is 1. The molecule has 0 spiro atoms. The lowest BCUT2D eigenvalue weighted by Crippen LogP contribution is -2.48. The van der Waals surface area contributed by atoms with Crippen molar-refractivity contribution in [3.63, 3.8) is 0 Å². The van der Waals surface area contributed by atoms with Crippen LogP contribution in [0, 0.1) is 0 Å². The van der Waals surface area contributed by atoms with Crippen LogP contribution in [0.25, 0.3) is 0 Å². The molecule has 0 radical (unpaired) electrons. The van der Waals surface area contributed by atoms with Crippen LogP contribution >= 0.6 is 0 Å². The van der Waals surface area contributed by atoms with Gasteiger partial charge in [0.1, 0.15) is 6.67 Å². The van der Waals surface area contributed by atoms with Crippen molar-refractivity contribution in [2.75, 3.05) is 13.8 Å². The molecule has 0 bridgehead atoms. The molecule has 0 heterocycles. The van der Waals surface area contributed by atoms with Gasteiger partial charge in [-0.15, -0.1) is 0 Å². The van der Waals surface area contributed by atoms with E-state index in [2.05, 4.69) is 4.74 Å². The van der Waals surface area contributed by atoms with Crippen LogP contribution in [0.1, 0.15) is 0 Å². The predicted molar refractivity (Wildman–Crippen MR) is 32.6 cm³/mol. The molecule has 0 aromatic heterocycles. The molecule has 2 unspecified atom stereocenters. The first-order chi connectivity index (χ1) is 5.87. The van der Waals surface area contributed by atoms with Gasteiger partial charge in [-0.1, -0.05) is 0 Å². The van der Waals surface area contributed by atoms with Crippen LogP contribution in [0.5, 0.6) is 0 Å². The number of rotatable bonds is 5. The highest BCUT2D eigenvalue weighted by Gasteiger charge is 2.53. The number of alkyl halides is 6. The van der Waals surface area contributed by atoms with Crippen LogP contribution < -0.4 is 0 Å². The minimum Gasteiger partial charge on any atom is -0.372 e. The van der Waals surface area contributed by atoms with E-state index >= 15 is 0 Å². The molecule has 2 atom stereocenters. The third-order valence-electron chi connectivity index (χ3n) is 1.40. The van der Waals surface area contributed by atoms with E-state index in [1.165, 1.54) is 0 Å². The van der Waals surface area contributed by atoms with Gasteiger partial charge in [0.15, 0.2) is 12.3 Å². The Bertz CT molecular complexity index is 150. The van der Waals surface area contributed by atoms with E-state index in [1.807, 2.05) is 0 Å². The SMILES string of the molecule is COC(C(F)CF)C(F)(F)C(F)F. The summed E-state index contributed by atoms with van der Waals surface area (Å²) in [6.45, 7) is -1.79. The molecule has 13 heavy (non-hydrogen) atoms. The van der Waals surface area contributed by atoms with Crippen LogP contribution in [-0.4, -0.2) is 38.4 Å². The van der Waals surface area contributed by atoms with Crippen LogP contribution in [-0.2, 0) is 4.74 Å². The topological polar surface area (TPSA) is 9.23 Å². The van der Waals surface area contributed by atoms with Crippen LogP contribution in [0.3, 0.4) is 0 Å². The molecule has 1 nitrogen and oxygen atoms in total. The Morgan fingerprint density at radius 1 is 1.23 bits per heavy atom. The first-order valence-corrected chi connectivity index (χ1v) is 3.26. The van der Waals surface area contributed by atoms with Crippen molar-refractivity contribution < 1.29 is 31.1 Å².